The van der Waals surface area contributed by atoms with Gasteiger partial charge < -0.3 is 14.0 Å². The molecule has 0 heterocycles. The van der Waals surface area contributed by atoms with Crippen LogP contribution in [0.4, 0.5) is 0 Å². The van der Waals surface area contributed by atoms with Crippen molar-refractivity contribution in [3.8, 4) is 0 Å². The molecule has 0 aromatic heterocycles. The van der Waals surface area contributed by atoms with Crippen molar-refractivity contribution < 1.29 is 61.6 Å². The maximum atomic E-state index is 13.0. The molecule has 0 saturated carbocycles. The van der Waals surface area contributed by atoms with Crippen molar-refractivity contribution in [2.45, 2.75) is 199 Å². The number of allylic oxidation sites excluding steroid dienone is 4. The molecular formula is C44H73NaO7S. The van der Waals surface area contributed by atoms with Crippen LogP contribution in [0.1, 0.15) is 214 Å². The van der Waals surface area contributed by atoms with Crippen LogP contribution in [0.15, 0.2) is 47.4 Å². The molecular weight excluding hydrogens is 696 g/mol. The zero-order valence-corrected chi connectivity index (χ0v) is 36.8. The van der Waals surface area contributed by atoms with Crippen LogP contribution in [-0.2, 0) is 19.6 Å². The van der Waals surface area contributed by atoms with Crippen LogP contribution in [0, 0.1) is 0 Å². The van der Waals surface area contributed by atoms with E-state index in [1.54, 1.807) is 0 Å². The zero-order valence-electron chi connectivity index (χ0n) is 34.0. The van der Waals surface area contributed by atoms with Gasteiger partial charge in [-0.3, -0.25) is 0 Å². The van der Waals surface area contributed by atoms with E-state index in [1.807, 2.05) is 0 Å². The van der Waals surface area contributed by atoms with Gasteiger partial charge in [0.15, 0.2) is 0 Å². The van der Waals surface area contributed by atoms with Crippen molar-refractivity contribution in [3.05, 3.63) is 53.6 Å². The fraction of sp³-hybridized carbons (Fsp3) is 0.727. The van der Waals surface area contributed by atoms with E-state index in [2.05, 4.69) is 38.2 Å². The number of rotatable bonds is 35. The molecule has 298 valence electrons. The van der Waals surface area contributed by atoms with Gasteiger partial charge in [-0.1, -0.05) is 160 Å². The third-order valence-corrected chi connectivity index (χ3v) is 10.4. The standard InChI is InChI=1S/C44H74O7S.Na/c1-3-5-7-9-11-13-15-17-19-21-23-25-27-29-31-33-38-50-43(45)40-36-35-37-41(52(47,48)49)42(40)44(46)51-39-34-32-30-28-26-24-22-20-18-16-14-12-10-8-6-4-2;/h11-14,35-37H,3-10,15-34,38-39H2,1-2H3,(H,47,48,49);/q;+1/p-1/b13-11+,14-12+;. The quantitative estimate of drug-likeness (QED) is 0.0222. The van der Waals surface area contributed by atoms with E-state index < -0.39 is 32.5 Å². The summed E-state index contributed by atoms with van der Waals surface area (Å²) in [7, 11) is -5.01. The van der Waals surface area contributed by atoms with Crippen LogP contribution in [-0.4, -0.2) is 38.1 Å². The smallest absolute Gasteiger partial charge is 0.744 e. The Morgan fingerprint density at radius 2 is 0.868 bits per heavy atom. The number of carbonyl (C=O) groups is 2. The van der Waals surface area contributed by atoms with Crippen LogP contribution < -0.4 is 29.6 Å². The molecule has 1 aromatic carbocycles. The van der Waals surface area contributed by atoms with E-state index in [4.69, 9.17) is 9.47 Å². The average Bonchev–Trinajstić information content (AvgIpc) is 3.13. The molecule has 1 aromatic rings. The van der Waals surface area contributed by atoms with Gasteiger partial charge in [-0.2, -0.15) is 0 Å². The van der Waals surface area contributed by atoms with Gasteiger partial charge in [0.1, 0.15) is 10.1 Å². The van der Waals surface area contributed by atoms with E-state index in [0.29, 0.717) is 12.8 Å². The molecule has 0 saturated heterocycles. The number of benzene rings is 1. The Balaban J connectivity index is 0.0000270. The summed E-state index contributed by atoms with van der Waals surface area (Å²) in [5, 5.41) is 0. The third kappa shape index (κ3) is 28.6. The van der Waals surface area contributed by atoms with Crippen LogP contribution in [0.2, 0.25) is 0 Å². The first-order valence-electron chi connectivity index (χ1n) is 21.1. The van der Waals surface area contributed by atoms with Gasteiger partial charge in [-0.05, 0) is 76.3 Å². The number of unbranched alkanes of at least 4 members (excludes halogenated alkanes) is 24. The van der Waals surface area contributed by atoms with Gasteiger partial charge in [0, 0.05) is 0 Å². The fourth-order valence-corrected chi connectivity index (χ4v) is 6.99. The Kier molecular flexibility index (Phi) is 35.2. The van der Waals surface area contributed by atoms with Crippen molar-refractivity contribution in [1.29, 1.82) is 0 Å². The number of carbonyl (C=O) groups excluding carboxylic acids is 2. The molecule has 0 aliphatic carbocycles. The fourth-order valence-electron chi connectivity index (χ4n) is 6.30. The minimum absolute atomic E-state index is 0. The van der Waals surface area contributed by atoms with Gasteiger partial charge in [0.2, 0.25) is 0 Å². The Bertz CT molecular complexity index is 1210. The second-order valence-electron chi connectivity index (χ2n) is 14.3. The average molecular weight is 769 g/mol. The van der Waals surface area contributed by atoms with E-state index in [-0.39, 0.29) is 48.3 Å². The van der Waals surface area contributed by atoms with Gasteiger partial charge in [0.05, 0.1) is 29.2 Å². The van der Waals surface area contributed by atoms with Crippen molar-refractivity contribution in [3.63, 3.8) is 0 Å². The maximum absolute atomic E-state index is 13.0. The molecule has 0 unspecified atom stereocenters. The van der Waals surface area contributed by atoms with Crippen molar-refractivity contribution in [1.82, 2.24) is 0 Å². The first-order chi connectivity index (χ1) is 25.3. The summed E-state index contributed by atoms with van der Waals surface area (Å²) in [6, 6.07) is 3.62. The summed E-state index contributed by atoms with van der Waals surface area (Å²) in [4.78, 5) is 25.1. The molecule has 53 heavy (non-hydrogen) atoms. The van der Waals surface area contributed by atoms with E-state index in [9.17, 15) is 22.6 Å². The second-order valence-corrected chi connectivity index (χ2v) is 15.6. The number of hydrogen-bond donors (Lipinski definition) is 0. The summed E-state index contributed by atoms with van der Waals surface area (Å²) in [5.41, 5.74) is -0.783. The summed E-state index contributed by atoms with van der Waals surface area (Å²) in [5.74, 6) is -1.82. The molecule has 0 radical (unpaired) electrons. The zero-order chi connectivity index (χ0) is 38.0. The van der Waals surface area contributed by atoms with Gasteiger partial charge in [-0.15, -0.1) is 0 Å². The summed E-state index contributed by atoms with van der Waals surface area (Å²) < 4.78 is 46.7. The van der Waals surface area contributed by atoms with Crippen molar-refractivity contribution >= 4 is 22.1 Å². The van der Waals surface area contributed by atoms with E-state index in [1.165, 1.54) is 141 Å². The van der Waals surface area contributed by atoms with Gasteiger partial charge in [0.25, 0.3) is 0 Å². The Hall–Kier alpha value is -1.45. The predicted molar refractivity (Wildman–Crippen MR) is 214 cm³/mol. The van der Waals surface area contributed by atoms with E-state index in [0.717, 1.165) is 44.6 Å². The largest absolute Gasteiger partial charge is 1.00 e. The second kappa shape index (κ2) is 36.2. The van der Waals surface area contributed by atoms with Crippen LogP contribution in [0.25, 0.3) is 0 Å². The number of ether oxygens (including phenoxy) is 2. The molecule has 0 amide bonds. The SMILES string of the molecule is CCCCC/C=C/CCCCCCCCCCCOC(=O)c1cccc(S(=O)(=O)[O-])c1C(=O)OCCCCCCCCCCC/C=C/CCCCC.[Na+]. The molecule has 0 aliphatic rings. The van der Waals surface area contributed by atoms with Gasteiger partial charge >= 0.3 is 41.5 Å². The number of esters is 2. The Morgan fingerprint density at radius 3 is 1.25 bits per heavy atom. The predicted octanol–water partition coefficient (Wildman–Crippen LogP) is 9.98. The van der Waals surface area contributed by atoms with Crippen LogP contribution in [0.3, 0.4) is 0 Å². The molecule has 9 heteroatoms. The summed E-state index contributed by atoms with van der Waals surface area (Å²) >= 11 is 0. The molecule has 7 nitrogen and oxygen atoms in total. The summed E-state index contributed by atoms with van der Waals surface area (Å²) in [6.45, 7) is 4.71. The molecule has 0 N–H and O–H groups in total. The molecule has 0 bridgehead atoms. The maximum Gasteiger partial charge on any atom is 1.00 e. The minimum Gasteiger partial charge on any atom is -0.744 e. The third-order valence-electron chi connectivity index (χ3n) is 9.50. The first-order valence-corrected chi connectivity index (χ1v) is 22.5. The monoisotopic (exact) mass is 768 g/mol. The molecule has 0 fully saturated rings. The number of hydrogen-bond acceptors (Lipinski definition) is 7. The topological polar surface area (TPSA) is 110 Å². The molecule has 0 spiro atoms. The Morgan fingerprint density at radius 1 is 0.528 bits per heavy atom. The minimum atomic E-state index is -5.01. The van der Waals surface area contributed by atoms with Crippen LogP contribution >= 0.6 is 0 Å². The van der Waals surface area contributed by atoms with E-state index >= 15 is 0 Å². The van der Waals surface area contributed by atoms with Crippen LogP contribution in [0.5, 0.6) is 0 Å². The first kappa shape index (κ1) is 51.5. The Labute approximate surface area is 347 Å². The van der Waals surface area contributed by atoms with Crippen molar-refractivity contribution in [2.75, 3.05) is 13.2 Å². The van der Waals surface area contributed by atoms with Gasteiger partial charge in [-0.25, -0.2) is 18.0 Å². The normalized spacial score (nSPS) is 11.7. The molecule has 0 atom stereocenters. The summed E-state index contributed by atoms with van der Waals surface area (Å²) in [6.07, 6.45) is 41.7. The molecule has 0 aliphatic heterocycles. The van der Waals surface area contributed by atoms with Crippen molar-refractivity contribution in [2.24, 2.45) is 0 Å². The molecule has 1 rings (SSSR count).